The lowest BCUT2D eigenvalue weighted by Gasteiger charge is -2.25. The molecule has 0 fully saturated rings. The highest BCUT2D eigenvalue weighted by molar-refractivity contribution is 6.30. The average molecular weight is 611 g/mol. The number of halogens is 4. The van der Waals surface area contributed by atoms with Crippen molar-refractivity contribution in [3.63, 3.8) is 0 Å². The van der Waals surface area contributed by atoms with E-state index < -0.39 is 23.5 Å². The quantitative estimate of drug-likeness (QED) is 0.298. The van der Waals surface area contributed by atoms with Gasteiger partial charge in [-0.15, -0.1) is 0 Å². The first kappa shape index (κ1) is 30.6. The summed E-state index contributed by atoms with van der Waals surface area (Å²) >= 11 is 0. The van der Waals surface area contributed by atoms with Gasteiger partial charge in [-0.2, -0.15) is 23.3 Å². The Bertz CT molecular complexity index is 1630. The molecular weight excluding hydrogens is 580 g/mol. The molecule has 0 aliphatic carbocycles. The van der Waals surface area contributed by atoms with Gasteiger partial charge in [0.15, 0.2) is 11.5 Å². The molecule has 0 unspecified atom stereocenters. The molecule has 0 aromatic heterocycles. The Hall–Kier alpha value is -4.87. The third kappa shape index (κ3) is 6.69. The van der Waals surface area contributed by atoms with E-state index in [1.54, 1.807) is 25.4 Å². The molecule has 0 radical (unpaired) electrons. The summed E-state index contributed by atoms with van der Waals surface area (Å²) in [6.07, 6.45) is -2.88. The van der Waals surface area contributed by atoms with E-state index in [-0.39, 0.29) is 23.3 Å². The molecule has 0 saturated heterocycles. The maximum absolute atomic E-state index is 13.7. The van der Waals surface area contributed by atoms with E-state index in [0.29, 0.717) is 61.0 Å². The Morgan fingerprint density at radius 3 is 2.43 bits per heavy atom. The number of nitrogens with zero attached hydrogens (tertiary/aromatic N) is 3. The van der Waals surface area contributed by atoms with Crippen LogP contribution in [0.2, 0.25) is 0 Å². The number of nitrogens with one attached hydrogen (secondary N) is 1. The molecule has 44 heavy (non-hydrogen) atoms. The van der Waals surface area contributed by atoms with Crippen LogP contribution in [0.15, 0.2) is 77.5 Å². The number of methoxy groups -OCH3 is 1. The SMILES string of the molecule is COc1cc(CNC(=O)c2ccc(CN3C=C4C(=O)N(c5ccc(F)c(C(F)(F)F)c5)N=C4CC3)cc2)ccc1OC(C)C. The molecule has 3 aromatic rings. The number of amides is 2. The number of rotatable bonds is 9. The number of anilines is 1. The normalized spacial score (nSPS) is 14.8. The first-order valence-corrected chi connectivity index (χ1v) is 13.9. The van der Waals surface area contributed by atoms with Crippen LogP contribution in [0.3, 0.4) is 0 Å². The van der Waals surface area contributed by atoms with Crippen LogP contribution in [0.4, 0.5) is 23.2 Å². The molecule has 0 spiro atoms. The van der Waals surface area contributed by atoms with Crippen LogP contribution >= 0.6 is 0 Å². The van der Waals surface area contributed by atoms with E-state index >= 15 is 0 Å². The van der Waals surface area contributed by atoms with Gasteiger partial charge in [0.2, 0.25) is 0 Å². The van der Waals surface area contributed by atoms with Crippen LogP contribution in [0.5, 0.6) is 11.5 Å². The molecule has 2 amide bonds. The lowest BCUT2D eigenvalue weighted by Crippen LogP contribution is -2.29. The molecule has 8 nitrogen and oxygen atoms in total. The van der Waals surface area contributed by atoms with Gasteiger partial charge in [0.25, 0.3) is 11.8 Å². The molecule has 2 aliphatic rings. The van der Waals surface area contributed by atoms with Crippen molar-refractivity contribution < 1.29 is 36.6 Å². The minimum Gasteiger partial charge on any atom is -0.493 e. The summed E-state index contributed by atoms with van der Waals surface area (Å²) in [5.41, 5.74) is 1.32. The third-order valence-corrected chi connectivity index (χ3v) is 7.05. The molecular formula is C32H30F4N4O4. The highest BCUT2D eigenvalue weighted by Gasteiger charge is 2.38. The highest BCUT2D eigenvalue weighted by atomic mass is 19.4. The zero-order chi connectivity index (χ0) is 31.6. The van der Waals surface area contributed by atoms with Gasteiger partial charge in [-0.1, -0.05) is 18.2 Å². The molecule has 0 atom stereocenters. The largest absolute Gasteiger partial charge is 0.493 e. The third-order valence-electron chi connectivity index (χ3n) is 7.05. The van der Waals surface area contributed by atoms with Crippen molar-refractivity contribution in [3.8, 4) is 11.5 Å². The number of hydrogen-bond donors (Lipinski definition) is 1. The van der Waals surface area contributed by atoms with Crippen LogP contribution < -0.4 is 19.8 Å². The molecule has 3 aromatic carbocycles. The lowest BCUT2D eigenvalue weighted by molar-refractivity contribution is -0.140. The fourth-order valence-corrected chi connectivity index (χ4v) is 4.88. The van der Waals surface area contributed by atoms with E-state index in [1.807, 2.05) is 49.1 Å². The van der Waals surface area contributed by atoms with Gasteiger partial charge in [0.05, 0.1) is 35.7 Å². The molecule has 12 heteroatoms. The molecule has 5 rings (SSSR count). The van der Waals surface area contributed by atoms with Gasteiger partial charge >= 0.3 is 6.18 Å². The van der Waals surface area contributed by atoms with Gasteiger partial charge in [-0.25, -0.2) is 4.39 Å². The van der Waals surface area contributed by atoms with E-state index in [9.17, 15) is 27.2 Å². The van der Waals surface area contributed by atoms with Gasteiger partial charge < -0.3 is 19.7 Å². The highest BCUT2D eigenvalue weighted by Crippen LogP contribution is 2.36. The molecule has 0 bridgehead atoms. The van der Waals surface area contributed by atoms with Gasteiger partial charge in [-0.05, 0) is 67.4 Å². The average Bonchev–Trinajstić information content (AvgIpc) is 3.31. The van der Waals surface area contributed by atoms with Crippen LogP contribution in [0, 0.1) is 5.82 Å². The number of carbonyl (C=O) groups excluding carboxylic acids is 2. The molecule has 2 heterocycles. The van der Waals surface area contributed by atoms with Crippen LogP contribution in [0.25, 0.3) is 0 Å². The summed E-state index contributed by atoms with van der Waals surface area (Å²) in [5.74, 6) is -1.04. The van der Waals surface area contributed by atoms with Gasteiger partial charge in [0, 0.05) is 37.8 Å². The Morgan fingerprint density at radius 1 is 1.02 bits per heavy atom. The van der Waals surface area contributed by atoms with Crippen LogP contribution in [0.1, 0.15) is 47.3 Å². The fraction of sp³-hybridized carbons (Fsp3) is 0.281. The standard InChI is InChI=1S/C32H30F4N4O4/c1-19(2)44-28-11-6-21(14-29(28)43-3)16-37-30(41)22-7-4-20(5-8-22)17-39-13-12-27-24(18-39)31(42)40(38-27)23-9-10-26(33)25(15-23)32(34,35)36/h4-11,14-15,18-19H,12-13,16-17H2,1-3H3,(H,37,41). The first-order chi connectivity index (χ1) is 20.9. The van der Waals surface area contributed by atoms with Crippen molar-refractivity contribution in [2.45, 2.75) is 45.6 Å². The zero-order valence-electron chi connectivity index (χ0n) is 24.2. The number of benzene rings is 3. The summed E-state index contributed by atoms with van der Waals surface area (Å²) in [6.45, 7) is 5.10. The lowest BCUT2D eigenvalue weighted by atomic mass is 10.0. The maximum atomic E-state index is 13.7. The smallest absolute Gasteiger partial charge is 0.419 e. The number of fused-ring (bicyclic) bond motifs is 1. The van der Waals surface area contributed by atoms with Gasteiger partial charge in [-0.3, -0.25) is 9.59 Å². The maximum Gasteiger partial charge on any atom is 0.419 e. The monoisotopic (exact) mass is 610 g/mol. The Morgan fingerprint density at radius 2 is 1.75 bits per heavy atom. The Labute approximate surface area is 251 Å². The molecule has 230 valence electrons. The summed E-state index contributed by atoms with van der Waals surface area (Å²) in [5, 5.41) is 7.98. The summed E-state index contributed by atoms with van der Waals surface area (Å²) < 4.78 is 64.4. The van der Waals surface area contributed by atoms with Crippen LogP contribution in [-0.2, 0) is 24.1 Å². The zero-order valence-corrected chi connectivity index (χ0v) is 24.2. The molecule has 1 N–H and O–H groups in total. The number of hydrogen-bond acceptors (Lipinski definition) is 6. The fourth-order valence-electron chi connectivity index (χ4n) is 4.88. The van der Waals surface area contributed by atoms with E-state index in [1.165, 1.54) is 0 Å². The van der Waals surface area contributed by atoms with Crippen molar-refractivity contribution >= 4 is 23.2 Å². The second kappa shape index (κ2) is 12.4. The Balaban J connectivity index is 1.20. The summed E-state index contributed by atoms with van der Waals surface area (Å²) in [4.78, 5) is 27.7. The van der Waals surface area contributed by atoms with Crippen molar-refractivity contribution in [1.82, 2.24) is 10.2 Å². The number of alkyl halides is 3. The molecule has 2 aliphatic heterocycles. The van der Waals surface area contributed by atoms with Gasteiger partial charge in [0.1, 0.15) is 5.82 Å². The van der Waals surface area contributed by atoms with Crippen LogP contribution in [-0.4, -0.2) is 42.2 Å². The van der Waals surface area contributed by atoms with E-state index in [4.69, 9.17) is 9.47 Å². The second-order valence-corrected chi connectivity index (χ2v) is 10.6. The van der Waals surface area contributed by atoms with Crippen molar-refractivity contribution in [2.75, 3.05) is 18.7 Å². The summed E-state index contributed by atoms with van der Waals surface area (Å²) in [6, 6.07) is 14.9. The molecule has 0 saturated carbocycles. The van der Waals surface area contributed by atoms with E-state index in [0.717, 1.165) is 22.2 Å². The van der Waals surface area contributed by atoms with Crippen molar-refractivity contribution in [3.05, 3.63) is 101 Å². The van der Waals surface area contributed by atoms with Crippen molar-refractivity contribution in [2.24, 2.45) is 5.10 Å². The van der Waals surface area contributed by atoms with E-state index in [2.05, 4.69) is 10.4 Å². The number of ether oxygens (including phenoxy) is 2. The summed E-state index contributed by atoms with van der Waals surface area (Å²) in [7, 11) is 1.56. The Kier molecular flexibility index (Phi) is 8.61. The second-order valence-electron chi connectivity index (χ2n) is 10.6. The minimum atomic E-state index is -4.90. The topological polar surface area (TPSA) is 83.5 Å². The predicted octanol–water partition coefficient (Wildman–Crippen LogP) is 6.06. The van der Waals surface area contributed by atoms with Crippen molar-refractivity contribution in [1.29, 1.82) is 0 Å². The number of hydrazone groups is 1. The first-order valence-electron chi connectivity index (χ1n) is 13.9. The minimum absolute atomic E-state index is 0.00269. The number of carbonyl (C=O) groups is 2. The predicted molar refractivity (Wildman–Crippen MR) is 156 cm³/mol.